The van der Waals surface area contributed by atoms with E-state index in [0.29, 0.717) is 5.69 Å². The average molecular weight is 354 g/mol. The summed E-state index contributed by atoms with van der Waals surface area (Å²) in [6.07, 6.45) is 1.85. The van der Waals surface area contributed by atoms with Gasteiger partial charge in [0.25, 0.3) is 0 Å². The minimum absolute atomic E-state index is 0.0382. The molecule has 0 radical (unpaired) electrons. The summed E-state index contributed by atoms with van der Waals surface area (Å²) in [5, 5.41) is 5.66. The highest BCUT2D eigenvalue weighted by Gasteiger charge is 2.24. The monoisotopic (exact) mass is 354 g/mol. The van der Waals surface area contributed by atoms with Gasteiger partial charge in [-0.05, 0) is 23.6 Å². The maximum absolute atomic E-state index is 12.6. The number of hydrogen-bond donors (Lipinski definition) is 2. The second kappa shape index (κ2) is 8.99. The summed E-state index contributed by atoms with van der Waals surface area (Å²) in [7, 11) is 3.80. The van der Waals surface area contributed by atoms with Crippen molar-refractivity contribution in [3.63, 3.8) is 0 Å². The number of anilines is 2. The summed E-state index contributed by atoms with van der Waals surface area (Å²) in [5.74, 6) is 0.343. The largest absolute Gasteiger partial charge is 0.363 e. The van der Waals surface area contributed by atoms with Crippen LogP contribution in [-0.4, -0.2) is 36.9 Å². The highest BCUT2D eigenvalue weighted by atomic mass is 16.2. The van der Waals surface area contributed by atoms with Gasteiger partial charge in [-0.25, -0.2) is 4.98 Å². The van der Waals surface area contributed by atoms with Crippen molar-refractivity contribution in [2.75, 3.05) is 24.3 Å². The Morgan fingerprint density at radius 2 is 1.77 bits per heavy atom. The standard InChI is InChI=1S/C20H26N4O2/c1-14(2)19(23-18(25)12-15-8-6-5-7-9-15)20(26)22-16-10-11-17(21-13-16)24(3)4/h5-11,13-14,19H,12H2,1-4H3,(H,22,26)(H,23,25). The fourth-order valence-corrected chi connectivity index (χ4v) is 2.49. The van der Waals surface area contributed by atoms with Gasteiger partial charge in [0.15, 0.2) is 0 Å². The van der Waals surface area contributed by atoms with Crippen LogP contribution >= 0.6 is 0 Å². The van der Waals surface area contributed by atoms with Crippen LogP contribution < -0.4 is 15.5 Å². The quantitative estimate of drug-likeness (QED) is 0.801. The van der Waals surface area contributed by atoms with Gasteiger partial charge in [0, 0.05) is 14.1 Å². The van der Waals surface area contributed by atoms with Crippen LogP contribution in [-0.2, 0) is 16.0 Å². The van der Waals surface area contributed by atoms with E-state index in [2.05, 4.69) is 15.6 Å². The Labute approximate surface area is 154 Å². The predicted molar refractivity (Wildman–Crippen MR) is 104 cm³/mol. The van der Waals surface area contributed by atoms with E-state index in [0.717, 1.165) is 11.4 Å². The molecule has 0 saturated heterocycles. The third-order valence-electron chi connectivity index (χ3n) is 3.95. The van der Waals surface area contributed by atoms with Gasteiger partial charge in [0.05, 0.1) is 18.3 Å². The number of amides is 2. The van der Waals surface area contributed by atoms with Gasteiger partial charge >= 0.3 is 0 Å². The number of carbonyl (C=O) groups excluding carboxylic acids is 2. The van der Waals surface area contributed by atoms with E-state index in [9.17, 15) is 9.59 Å². The fraction of sp³-hybridized carbons (Fsp3) is 0.350. The third kappa shape index (κ3) is 5.58. The minimum atomic E-state index is -0.611. The first kappa shape index (κ1) is 19.4. The van der Waals surface area contributed by atoms with Crippen LogP contribution in [0.25, 0.3) is 0 Å². The van der Waals surface area contributed by atoms with Crippen LogP contribution in [0.3, 0.4) is 0 Å². The molecule has 2 aromatic rings. The molecule has 1 atom stereocenters. The van der Waals surface area contributed by atoms with Crippen LogP contribution in [0.5, 0.6) is 0 Å². The highest BCUT2D eigenvalue weighted by molar-refractivity contribution is 5.97. The predicted octanol–water partition coefficient (Wildman–Crippen LogP) is 2.47. The Morgan fingerprint density at radius 1 is 1.08 bits per heavy atom. The topological polar surface area (TPSA) is 74.3 Å². The lowest BCUT2D eigenvalue weighted by molar-refractivity contribution is -0.127. The van der Waals surface area contributed by atoms with Gasteiger partial charge in [-0.3, -0.25) is 9.59 Å². The number of aromatic nitrogens is 1. The van der Waals surface area contributed by atoms with Crippen molar-refractivity contribution in [3.05, 3.63) is 54.2 Å². The molecule has 0 spiro atoms. The molecule has 138 valence electrons. The molecule has 2 amide bonds. The van der Waals surface area contributed by atoms with E-state index in [1.54, 1.807) is 12.3 Å². The molecule has 0 bridgehead atoms. The van der Waals surface area contributed by atoms with Crippen LogP contribution in [0.1, 0.15) is 19.4 Å². The van der Waals surface area contributed by atoms with Crippen molar-refractivity contribution < 1.29 is 9.59 Å². The maximum atomic E-state index is 12.6. The Kier molecular flexibility index (Phi) is 6.72. The van der Waals surface area contributed by atoms with Gasteiger partial charge in [-0.1, -0.05) is 44.2 Å². The zero-order valence-corrected chi connectivity index (χ0v) is 15.7. The molecule has 1 aromatic heterocycles. The van der Waals surface area contributed by atoms with E-state index < -0.39 is 6.04 Å². The molecular weight excluding hydrogens is 328 g/mol. The van der Waals surface area contributed by atoms with E-state index in [-0.39, 0.29) is 24.2 Å². The maximum Gasteiger partial charge on any atom is 0.247 e. The van der Waals surface area contributed by atoms with Crippen molar-refractivity contribution in [2.24, 2.45) is 5.92 Å². The summed E-state index contributed by atoms with van der Waals surface area (Å²) >= 11 is 0. The van der Waals surface area contributed by atoms with Gasteiger partial charge < -0.3 is 15.5 Å². The molecule has 2 N–H and O–H groups in total. The lowest BCUT2D eigenvalue weighted by Crippen LogP contribution is -2.47. The molecular formula is C20H26N4O2. The molecule has 0 aliphatic heterocycles. The van der Waals surface area contributed by atoms with Crippen LogP contribution in [0.2, 0.25) is 0 Å². The molecule has 2 rings (SSSR count). The Hall–Kier alpha value is -2.89. The molecule has 6 heteroatoms. The van der Waals surface area contributed by atoms with Crippen LogP contribution in [0.4, 0.5) is 11.5 Å². The molecule has 0 aliphatic carbocycles. The highest BCUT2D eigenvalue weighted by Crippen LogP contribution is 2.13. The Morgan fingerprint density at radius 3 is 2.31 bits per heavy atom. The zero-order chi connectivity index (χ0) is 19.1. The molecule has 0 aliphatic rings. The fourth-order valence-electron chi connectivity index (χ4n) is 2.49. The van der Waals surface area contributed by atoms with E-state index >= 15 is 0 Å². The first-order chi connectivity index (χ1) is 12.4. The van der Waals surface area contributed by atoms with Crippen molar-refractivity contribution in [3.8, 4) is 0 Å². The van der Waals surface area contributed by atoms with Crippen molar-refractivity contribution in [2.45, 2.75) is 26.3 Å². The zero-order valence-electron chi connectivity index (χ0n) is 15.7. The number of carbonyl (C=O) groups is 2. The van der Waals surface area contributed by atoms with Crippen molar-refractivity contribution in [1.82, 2.24) is 10.3 Å². The SMILES string of the molecule is CC(C)C(NC(=O)Cc1ccccc1)C(=O)Nc1ccc(N(C)C)nc1. The summed E-state index contributed by atoms with van der Waals surface area (Å²) in [4.78, 5) is 31.0. The smallest absolute Gasteiger partial charge is 0.247 e. The van der Waals surface area contributed by atoms with Crippen LogP contribution in [0, 0.1) is 5.92 Å². The van der Waals surface area contributed by atoms with Gasteiger partial charge in [0.1, 0.15) is 11.9 Å². The first-order valence-corrected chi connectivity index (χ1v) is 8.64. The third-order valence-corrected chi connectivity index (χ3v) is 3.95. The molecule has 6 nitrogen and oxygen atoms in total. The lowest BCUT2D eigenvalue weighted by Gasteiger charge is -2.22. The number of hydrogen-bond acceptors (Lipinski definition) is 4. The summed E-state index contributed by atoms with van der Waals surface area (Å²) in [5.41, 5.74) is 1.51. The van der Waals surface area contributed by atoms with E-state index in [1.165, 1.54) is 0 Å². The summed E-state index contributed by atoms with van der Waals surface area (Å²) in [6, 6.07) is 12.5. The molecule has 0 saturated carbocycles. The Bertz CT molecular complexity index is 727. The molecule has 26 heavy (non-hydrogen) atoms. The lowest BCUT2D eigenvalue weighted by atomic mass is 10.0. The van der Waals surface area contributed by atoms with Gasteiger partial charge in [-0.15, -0.1) is 0 Å². The molecule has 1 aromatic carbocycles. The summed E-state index contributed by atoms with van der Waals surface area (Å²) in [6.45, 7) is 3.81. The second-order valence-corrected chi connectivity index (χ2v) is 6.74. The second-order valence-electron chi connectivity index (χ2n) is 6.74. The van der Waals surface area contributed by atoms with Gasteiger partial charge in [0.2, 0.25) is 11.8 Å². The number of rotatable bonds is 7. The van der Waals surface area contributed by atoms with Crippen molar-refractivity contribution in [1.29, 1.82) is 0 Å². The van der Waals surface area contributed by atoms with E-state index in [4.69, 9.17) is 0 Å². The number of benzene rings is 1. The normalized spacial score (nSPS) is 11.7. The number of nitrogens with one attached hydrogen (secondary N) is 2. The molecule has 1 unspecified atom stereocenters. The minimum Gasteiger partial charge on any atom is -0.363 e. The summed E-state index contributed by atoms with van der Waals surface area (Å²) < 4.78 is 0. The first-order valence-electron chi connectivity index (χ1n) is 8.64. The molecule has 0 fully saturated rings. The van der Waals surface area contributed by atoms with Crippen molar-refractivity contribution >= 4 is 23.3 Å². The van der Waals surface area contributed by atoms with Gasteiger partial charge in [-0.2, -0.15) is 0 Å². The Balaban J connectivity index is 1.99. The van der Waals surface area contributed by atoms with Crippen LogP contribution in [0.15, 0.2) is 48.7 Å². The number of pyridine rings is 1. The molecule has 1 heterocycles. The van der Waals surface area contributed by atoms with E-state index in [1.807, 2.05) is 69.2 Å². The number of nitrogens with zero attached hydrogens (tertiary/aromatic N) is 2. The average Bonchev–Trinajstić information content (AvgIpc) is 2.60.